The summed E-state index contributed by atoms with van der Waals surface area (Å²) in [6.07, 6.45) is -3.90. The Balaban J connectivity index is 1.76. The third-order valence-electron chi connectivity index (χ3n) is 2.54. The Bertz CT molecular complexity index is 637. The summed E-state index contributed by atoms with van der Waals surface area (Å²) in [5, 5.41) is 19.7. The third kappa shape index (κ3) is 4.22. The number of aliphatic hydroxyl groups is 1. The molecule has 0 aliphatic rings. The second kappa shape index (κ2) is 6.47. The zero-order valence-corrected chi connectivity index (χ0v) is 11.1. The van der Waals surface area contributed by atoms with Crippen LogP contribution >= 0.6 is 0 Å². The van der Waals surface area contributed by atoms with E-state index in [1.807, 2.05) is 0 Å². The average molecular weight is 319 g/mol. The maximum Gasteiger partial charge on any atom is 0.419 e. The summed E-state index contributed by atoms with van der Waals surface area (Å²) in [5.41, 5.74) is -0.914. The van der Waals surface area contributed by atoms with Crippen LogP contribution in [0, 0.1) is 0 Å². The van der Waals surface area contributed by atoms with Crippen LogP contribution in [0.3, 0.4) is 0 Å². The fraction of sp³-hybridized carbons (Fsp3) is 0.364. The number of rotatable bonds is 5. The Hall–Kier alpha value is -2.56. The molecular weight excluding hydrogens is 307 g/mol. The molecule has 22 heavy (non-hydrogen) atoms. The van der Waals surface area contributed by atoms with Gasteiger partial charge in [0.05, 0.1) is 18.7 Å². The summed E-state index contributed by atoms with van der Waals surface area (Å²) in [7, 11) is 0. The summed E-state index contributed by atoms with van der Waals surface area (Å²) in [6.45, 7) is -0.506. The first-order valence-corrected chi connectivity index (χ1v) is 6.06. The van der Waals surface area contributed by atoms with Gasteiger partial charge in [0.2, 0.25) is 0 Å². The number of nitrogens with zero attached hydrogens (tertiary/aromatic N) is 2. The van der Waals surface area contributed by atoms with Gasteiger partial charge in [-0.2, -0.15) is 18.3 Å². The van der Waals surface area contributed by atoms with Crippen molar-refractivity contribution in [1.29, 1.82) is 0 Å². The number of furan rings is 1. The van der Waals surface area contributed by atoms with E-state index in [0.717, 1.165) is 6.07 Å². The molecule has 120 valence electrons. The van der Waals surface area contributed by atoms with Crippen molar-refractivity contribution in [1.82, 2.24) is 25.8 Å². The minimum absolute atomic E-state index is 0.0186. The summed E-state index contributed by atoms with van der Waals surface area (Å²) in [6, 6.07) is 0.191. The molecule has 0 spiro atoms. The van der Waals surface area contributed by atoms with Gasteiger partial charge in [0.1, 0.15) is 24.5 Å². The van der Waals surface area contributed by atoms with E-state index in [2.05, 4.69) is 25.8 Å². The number of H-pyrrole nitrogens is 1. The fourth-order valence-corrected chi connectivity index (χ4v) is 1.50. The Morgan fingerprint density at radius 2 is 2.09 bits per heavy atom. The fourth-order valence-electron chi connectivity index (χ4n) is 1.50. The third-order valence-corrected chi connectivity index (χ3v) is 2.54. The zero-order valence-electron chi connectivity index (χ0n) is 11.1. The molecule has 0 unspecified atom stereocenters. The number of alkyl halides is 3. The normalized spacial score (nSPS) is 11.5. The standard InChI is InChI=1S/C11H12F3N5O3/c12-11(13,14)6-1-7(22-5-6)2-15-10(21)16-3-8-17-9(4-20)19-18-8/h1,5,20H,2-4H2,(H2,15,16,21)(H,17,18,19). The van der Waals surface area contributed by atoms with Gasteiger partial charge in [-0.15, -0.1) is 0 Å². The van der Waals surface area contributed by atoms with Crippen molar-refractivity contribution in [3.05, 3.63) is 35.3 Å². The van der Waals surface area contributed by atoms with E-state index in [9.17, 15) is 18.0 Å². The van der Waals surface area contributed by atoms with Gasteiger partial charge in [-0.25, -0.2) is 9.78 Å². The first-order chi connectivity index (χ1) is 10.4. The predicted molar refractivity (Wildman–Crippen MR) is 65.1 cm³/mol. The van der Waals surface area contributed by atoms with Crippen molar-refractivity contribution in [2.75, 3.05) is 0 Å². The largest absolute Gasteiger partial charge is 0.467 e. The van der Waals surface area contributed by atoms with Crippen molar-refractivity contribution in [2.24, 2.45) is 0 Å². The van der Waals surface area contributed by atoms with Crippen LogP contribution in [-0.4, -0.2) is 26.3 Å². The molecular formula is C11H12F3N5O3. The molecule has 0 bridgehead atoms. The number of aromatic amines is 1. The van der Waals surface area contributed by atoms with E-state index in [0.29, 0.717) is 12.1 Å². The van der Waals surface area contributed by atoms with Crippen LogP contribution in [0.2, 0.25) is 0 Å². The molecule has 0 radical (unpaired) electrons. The second-order valence-corrected chi connectivity index (χ2v) is 4.19. The lowest BCUT2D eigenvalue weighted by Gasteiger charge is -2.04. The SMILES string of the molecule is O=C(NCc1nc(CO)n[nH]1)NCc1cc(C(F)(F)F)co1. The summed E-state index contributed by atoms with van der Waals surface area (Å²) < 4.78 is 41.7. The molecule has 0 saturated carbocycles. The Labute approximate surface area is 121 Å². The lowest BCUT2D eigenvalue weighted by Crippen LogP contribution is -2.34. The monoisotopic (exact) mass is 319 g/mol. The molecule has 11 heteroatoms. The number of carbonyl (C=O) groups is 1. The molecule has 2 rings (SSSR count). The summed E-state index contributed by atoms with van der Waals surface area (Å²) >= 11 is 0. The molecule has 8 nitrogen and oxygen atoms in total. The maximum absolute atomic E-state index is 12.3. The Morgan fingerprint density at radius 1 is 1.36 bits per heavy atom. The van der Waals surface area contributed by atoms with Crippen LogP contribution < -0.4 is 10.6 Å². The van der Waals surface area contributed by atoms with Crippen LogP contribution in [0.15, 0.2) is 16.7 Å². The van der Waals surface area contributed by atoms with Gasteiger partial charge in [-0.3, -0.25) is 5.10 Å². The number of hydrogen-bond acceptors (Lipinski definition) is 5. The first kappa shape index (κ1) is 15.8. The van der Waals surface area contributed by atoms with Crippen LogP contribution in [0.25, 0.3) is 0 Å². The highest BCUT2D eigenvalue weighted by molar-refractivity contribution is 5.73. The van der Waals surface area contributed by atoms with E-state index < -0.39 is 17.8 Å². The number of amides is 2. The minimum atomic E-state index is -4.49. The summed E-state index contributed by atoms with van der Waals surface area (Å²) in [4.78, 5) is 15.3. The van der Waals surface area contributed by atoms with Gasteiger partial charge in [0, 0.05) is 0 Å². The van der Waals surface area contributed by atoms with E-state index in [4.69, 9.17) is 9.52 Å². The number of nitrogens with one attached hydrogen (secondary N) is 3. The van der Waals surface area contributed by atoms with Crippen molar-refractivity contribution < 1.29 is 27.5 Å². The second-order valence-electron chi connectivity index (χ2n) is 4.19. The molecule has 0 saturated heterocycles. The Kier molecular flexibility index (Phi) is 4.65. The molecule has 4 N–H and O–H groups in total. The lowest BCUT2D eigenvalue weighted by atomic mass is 10.3. The highest BCUT2D eigenvalue weighted by Gasteiger charge is 2.32. The minimum Gasteiger partial charge on any atom is -0.467 e. The molecule has 2 amide bonds. The molecule has 2 aromatic rings. The number of aromatic nitrogens is 3. The van der Waals surface area contributed by atoms with E-state index in [1.165, 1.54) is 0 Å². The van der Waals surface area contributed by atoms with Crippen molar-refractivity contribution in [3.8, 4) is 0 Å². The quantitative estimate of drug-likeness (QED) is 0.653. The van der Waals surface area contributed by atoms with Crippen molar-refractivity contribution >= 4 is 6.03 Å². The molecule has 2 heterocycles. The lowest BCUT2D eigenvalue weighted by molar-refractivity contribution is -0.137. The van der Waals surface area contributed by atoms with Crippen LogP contribution in [0.1, 0.15) is 23.0 Å². The Morgan fingerprint density at radius 3 is 2.68 bits per heavy atom. The molecule has 0 aliphatic carbocycles. The van der Waals surface area contributed by atoms with E-state index >= 15 is 0 Å². The number of aliphatic hydroxyl groups excluding tert-OH is 1. The molecule has 0 fully saturated rings. The van der Waals surface area contributed by atoms with Gasteiger partial charge in [0.15, 0.2) is 5.82 Å². The van der Waals surface area contributed by atoms with Gasteiger partial charge >= 0.3 is 12.2 Å². The highest BCUT2D eigenvalue weighted by atomic mass is 19.4. The topological polar surface area (TPSA) is 116 Å². The number of carbonyl (C=O) groups excluding carboxylic acids is 1. The van der Waals surface area contributed by atoms with Gasteiger partial charge in [0.25, 0.3) is 0 Å². The average Bonchev–Trinajstić information content (AvgIpc) is 3.11. The van der Waals surface area contributed by atoms with Crippen molar-refractivity contribution in [2.45, 2.75) is 25.9 Å². The smallest absolute Gasteiger partial charge is 0.419 e. The van der Waals surface area contributed by atoms with Crippen molar-refractivity contribution in [3.63, 3.8) is 0 Å². The van der Waals surface area contributed by atoms with Gasteiger partial charge < -0.3 is 20.2 Å². The maximum atomic E-state index is 12.3. The van der Waals surface area contributed by atoms with Crippen LogP contribution in [0.4, 0.5) is 18.0 Å². The molecule has 0 atom stereocenters. The number of urea groups is 1. The molecule has 0 aliphatic heterocycles. The van der Waals surface area contributed by atoms with E-state index in [-0.39, 0.29) is 31.3 Å². The van der Waals surface area contributed by atoms with Crippen LogP contribution in [-0.2, 0) is 25.9 Å². The summed E-state index contributed by atoms with van der Waals surface area (Å²) in [5.74, 6) is 0.494. The van der Waals surface area contributed by atoms with Crippen LogP contribution in [0.5, 0.6) is 0 Å². The van der Waals surface area contributed by atoms with Gasteiger partial charge in [-0.1, -0.05) is 0 Å². The van der Waals surface area contributed by atoms with E-state index in [1.54, 1.807) is 0 Å². The zero-order chi connectivity index (χ0) is 16.2. The molecule has 0 aromatic carbocycles. The predicted octanol–water partition coefficient (Wildman–Crippen LogP) is 0.908. The number of halogens is 3. The first-order valence-electron chi connectivity index (χ1n) is 6.06. The number of hydrogen-bond donors (Lipinski definition) is 4. The molecule has 2 aromatic heterocycles. The highest BCUT2D eigenvalue weighted by Crippen LogP contribution is 2.30. The van der Waals surface area contributed by atoms with Gasteiger partial charge in [-0.05, 0) is 6.07 Å².